The highest BCUT2D eigenvalue weighted by Crippen LogP contribution is 2.34. The number of aliphatic imine (C=N–C) groups is 1. The SMILES string of the molecule is CC.Clc1cccc(C2N=C2c2ccccc2)n1. The molecule has 2 nitrogen and oxygen atoms in total. The lowest BCUT2D eigenvalue weighted by molar-refractivity contribution is 1.03. The lowest BCUT2D eigenvalue weighted by Gasteiger charge is -1.98. The van der Waals surface area contributed by atoms with Gasteiger partial charge in [0.25, 0.3) is 0 Å². The molecule has 0 bridgehead atoms. The maximum absolute atomic E-state index is 5.85. The largest absolute Gasteiger partial charge is 0.270 e. The third kappa shape index (κ3) is 2.77. The second-order valence-corrected chi connectivity index (χ2v) is 4.06. The monoisotopic (exact) mass is 258 g/mol. The van der Waals surface area contributed by atoms with E-state index in [9.17, 15) is 0 Å². The first-order valence-corrected chi connectivity index (χ1v) is 6.48. The van der Waals surface area contributed by atoms with Gasteiger partial charge in [0.15, 0.2) is 0 Å². The number of benzene rings is 1. The number of hydrogen-bond acceptors (Lipinski definition) is 2. The maximum Gasteiger partial charge on any atom is 0.134 e. The molecule has 0 spiro atoms. The van der Waals surface area contributed by atoms with Crippen LogP contribution in [0.5, 0.6) is 0 Å². The smallest absolute Gasteiger partial charge is 0.134 e. The summed E-state index contributed by atoms with van der Waals surface area (Å²) in [7, 11) is 0. The summed E-state index contributed by atoms with van der Waals surface area (Å²) >= 11 is 5.85. The number of rotatable bonds is 2. The van der Waals surface area contributed by atoms with Crippen LogP contribution in [0.3, 0.4) is 0 Å². The maximum atomic E-state index is 5.85. The summed E-state index contributed by atoms with van der Waals surface area (Å²) in [5.74, 6) is 0. The van der Waals surface area contributed by atoms with Crippen LogP contribution in [-0.4, -0.2) is 10.7 Å². The molecular weight excluding hydrogens is 244 g/mol. The molecule has 0 N–H and O–H groups in total. The Morgan fingerprint density at radius 3 is 2.33 bits per heavy atom. The molecule has 3 rings (SSSR count). The zero-order valence-corrected chi connectivity index (χ0v) is 11.2. The van der Waals surface area contributed by atoms with Crippen LogP contribution in [0.1, 0.15) is 31.1 Å². The Bertz CT molecular complexity index is 549. The van der Waals surface area contributed by atoms with Crippen molar-refractivity contribution >= 4 is 17.3 Å². The highest BCUT2D eigenvalue weighted by Gasteiger charge is 2.31. The van der Waals surface area contributed by atoms with Gasteiger partial charge in [-0.2, -0.15) is 0 Å². The van der Waals surface area contributed by atoms with Gasteiger partial charge in [0.1, 0.15) is 11.2 Å². The van der Waals surface area contributed by atoms with Gasteiger partial charge in [-0.15, -0.1) is 0 Å². The highest BCUT2D eigenvalue weighted by atomic mass is 35.5. The van der Waals surface area contributed by atoms with Crippen LogP contribution < -0.4 is 0 Å². The van der Waals surface area contributed by atoms with Crippen molar-refractivity contribution < 1.29 is 0 Å². The zero-order valence-electron chi connectivity index (χ0n) is 10.5. The molecule has 3 heteroatoms. The number of hydrogen-bond donors (Lipinski definition) is 0. The van der Waals surface area contributed by atoms with E-state index in [1.807, 2.05) is 44.2 Å². The van der Waals surface area contributed by atoms with Gasteiger partial charge in [-0.1, -0.05) is 61.8 Å². The van der Waals surface area contributed by atoms with E-state index >= 15 is 0 Å². The Morgan fingerprint density at radius 1 is 0.944 bits per heavy atom. The standard InChI is InChI=1S/C13H9ClN2.C2H6/c14-11-8-4-7-10(15-11)13-12(16-13)9-5-2-1-3-6-9;1-2/h1-8,13H;1-2H3. The van der Waals surface area contributed by atoms with E-state index in [0.717, 1.165) is 17.0 Å². The summed E-state index contributed by atoms with van der Waals surface area (Å²) in [6.45, 7) is 4.00. The second-order valence-electron chi connectivity index (χ2n) is 3.67. The molecule has 92 valence electrons. The summed E-state index contributed by atoms with van der Waals surface area (Å²) in [6.07, 6.45) is 0. The fourth-order valence-corrected chi connectivity index (χ4v) is 1.90. The van der Waals surface area contributed by atoms with E-state index in [-0.39, 0.29) is 6.04 Å². The Labute approximate surface area is 112 Å². The summed E-state index contributed by atoms with van der Waals surface area (Å²) in [5.41, 5.74) is 3.18. The van der Waals surface area contributed by atoms with Crippen LogP contribution >= 0.6 is 11.6 Å². The molecule has 0 amide bonds. The molecular formula is C15H15ClN2. The fourth-order valence-electron chi connectivity index (χ4n) is 1.73. The van der Waals surface area contributed by atoms with Crippen molar-refractivity contribution in [3.05, 3.63) is 64.9 Å². The third-order valence-corrected chi connectivity index (χ3v) is 2.76. The van der Waals surface area contributed by atoms with E-state index in [4.69, 9.17) is 11.6 Å². The molecule has 0 aliphatic carbocycles. The lowest BCUT2D eigenvalue weighted by atomic mass is 10.1. The first kappa shape index (κ1) is 12.8. The van der Waals surface area contributed by atoms with Crippen molar-refractivity contribution in [1.82, 2.24) is 4.98 Å². The van der Waals surface area contributed by atoms with Crippen LogP contribution in [0.15, 0.2) is 53.5 Å². The minimum Gasteiger partial charge on any atom is -0.270 e. The quantitative estimate of drug-likeness (QED) is 0.737. The van der Waals surface area contributed by atoms with Crippen molar-refractivity contribution in [2.45, 2.75) is 19.9 Å². The van der Waals surface area contributed by atoms with E-state index in [2.05, 4.69) is 22.1 Å². The molecule has 0 fully saturated rings. The van der Waals surface area contributed by atoms with Crippen LogP contribution in [0.25, 0.3) is 0 Å². The molecule has 1 aliphatic heterocycles. The zero-order chi connectivity index (χ0) is 13.0. The van der Waals surface area contributed by atoms with Crippen molar-refractivity contribution in [3.8, 4) is 0 Å². The number of aromatic nitrogens is 1. The average molecular weight is 259 g/mol. The topological polar surface area (TPSA) is 25.2 Å². The molecule has 18 heavy (non-hydrogen) atoms. The summed E-state index contributed by atoms with van der Waals surface area (Å²) in [5, 5.41) is 0.520. The van der Waals surface area contributed by atoms with Crippen LogP contribution in [0.4, 0.5) is 0 Å². The molecule has 2 heterocycles. The van der Waals surface area contributed by atoms with Crippen LogP contribution in [-0.2, 0) is 0 Å². The first-order valence-electron chi connectivity index (χ1n) is 6.10. The van der Waals surface area contributed by atoms with Gasteiger partial charge < -0.3 is 0 Å². The van der Waals surface area contributed by atoms with Gasteiger partial charge in [-0.3, -0.25) is 4.99 Å². The minimum atomic E-state index is 0.0982. The van der Waals surface area contributed by atoms with E-state index in [1.54, 1.807) is 6.07 Å². The molecule has 2 aromatic rings. The second kappa shape index (κ2) is 5.78. The fraction of sp³-hybridized carbons (Fsp3) is 0.200. The molecule has 1 atom stereocenters. The summed E-state index contributed by atoms with van der Waals surface area (Å²) in [6, 6.07) is 15.9. The predicted molar refractivity (Wildman–Crippen MR) is 76.3 cm³/mol. The van der Waals surface area contributed by atoms with Gasteiger partial charge >= 0.3 is 0 Å². The summed E-state index contributed by atoms with van der Waals surface area (Å²) in [4.78, 5) is 8.69. The first-order chi connectivity index (χ1) is 8.84. The highest BCUT2D eigenvalue weighted by molar-refractivity contribution is 6.29. The molecule has 0 radical (unpaired) electrons. The molecule has 0 saturated heterocycles. The Morgan fingerprint density at radius 2 is 1.67 bits per heavy atom. The molecule has 1 aromatic heterocycles. The van der Waals surface area contributed by atoms with Crippen LogP contribution in [0, 0.1) is 0 Å². The molecule has 0 saturated carbocycles. The van der Waals surface area contributed by atoms with Crippen molar-refractivity contribution in [1.29, 1.82) is 0 Å². The van der Waals surface area contributed by atoms with Crippen LogP contribution in [0.2, 0.25) is 5.15 Å². The predicted octanol–water partition coefficient (Wildman–Crippen LogP) is 4.31. The van der Waals surface area contributed by atoms with Gasteiger partial charge in [-0.25, -0.2) is 4.98 Å². The number of halogens is 1. The van der Waals surface area contributed by atoms with Crippen molar-refractivity contribution in [2.75, 3.05) is 0 Å². The van der Waals surface area contributed by atoms with Gasteiger partial charge in [0, 0.05) is 0 Å². The molecule has 1 aromatic carbocycles. The average Bonchev–Trinajstić information content (AvgIpc) is 3.22. The number of pyridine rings is 1. The van der Waals surface area contributed by atoms with E-state index in [0.29, 0.717) is 5.15 Å². The van der Waals surface area contributed by atoms with Crippen molar-refractivity contribution in [3.63, 3.8) is 0 Å². The van der Waals surface area contributed by atoms with Gasteiger partial charge in [-0.05, 0) is 17.7 Å². The van der Waals surface area contributed by atoms with Crippen molar-refractivity contribution in [2.24, 2.45) is 4.99 Å². The Balaban J connectivity index is 0.000000574. The van der Waals surface area contributed by atoms with E-state index in [1.165, 1.54) is 0 Å². The van der Waals surface area contributed by atoms with Gasteiger partial charge in [0.05, 0.1) is 11.4 Å². The summed E-state index contributed by atoms with van der Waals surface area (Å²) < 4.78 is 0. The normalized spacial score (nSPS) is 16.4. The Kier molecular flexibility index (Phi) is 4.11. The van der Waals surface area contributed by atoms with E-state index < -0.39 is 0 Å². The minimum absolute atomic E-state index is 0.0982. The number of nitrogens with zero attached hydrogens (tertiary/aromatic N) is 2. The van der Waals surface area contributed by atoms with Gasteiger partial charge in [0.2, 0.25) is 0 Å². The third-order valence-electron chi connectivity index (χ3n) is 2.55. The lowest BCUT2D eigenvalue weighted by Crippen LogP contribution is -1.95. The Hall–Kier alpha value is -1.67. The molecule has 1 aliphatic rings. The molecule has 1 unspecified atom stereocenters.